The van der Waals surface area contributed by atoms with Gasteiger partial charge in [0.05, 0.1) is 23.0 Å². The molecule has 59 heavy (non-hydrogen) atoms. The van der Waals surface area contributed by atoms with Crippen LogP contribution in [0.2, 0.25) is 0 Å². The van der Waals surface area contributed by atoms with Gasteiger partial charge in [-0.15, -0.1) is 20.7 Å². The van der Waals surface area contributed by atoms with Crippen molar-refractivity contribution in [1.29, 1.82) is 0 Å². The number of rotatable bonds is 13. The molecule has 3 aromatic carbocycles. The second-order valence-corrected chi connectivity index (χ2v) is 14.9. The summed E-state index contributed by atoms with van der Waals surface area (Å²) in [5.74, 6) is -2.03. The first-order valence-electron chi connectivity index (χ1n) is 17.6. The molecule has 0 unspecified atom stereocenters. The maximum absolute atomic E-state index is 12.0. The minimum atomic E-state index is -6.09. The first kappa shape index (κ1) is 46.1. The maximum atomic E-state index is 12.0. The molecule has 1 aliphatic rings. The molecule has 0 saturated carbocycles. The summed E-state index contributed by atoms with van der Waals surface area (Å²) in [4.78, 5) is 27.7. The van der Waals surface area contributed by atoms with Crippen molar-refractivity contribution in [3.8, 4) is 33.1 Å². The number of aryl methyl sites for hydroxylation is 4. The summed E-state index contributed by atoms with van der Waals surface area (Å²) in [5, 5.41) is 17.7. The predicted molar refractivity (Wildman–Crippen MR) is 202 cm³/mol. The highest BCUT2D eigenvalue weighted by molar-refractivity contribution is 7.86. The van der Waals surface area contributed by atoms with E-state index in [1.165, 1.54) is 16.7 Å². The van der Waals surface area contributed by atoms with E-state index in [0.29, 0.717) is 32.8 Å². The number of urea groups is 1. The largest absolute Gasteiger partial charge is 0.741 e. The summed E-state index contributed by atoms with van der Waals surface area (Å²) in [6.07, 6.45) is 0.501. The van der Waals surface area contributed by atoms with Gasteiger partial charge in [-0.2, -0.15) is 26.3 Å². The number of nitrogens with two attached hydrogens (primary N) is 1. The second-order valence-electron chi connectivity index (χ2n) is 12.6. The number of carbonyl (C=O) groups is 2. The van der Waals surface area contributed by atoms with Gasteiger partial charge in [0.25, 0.3) is 0 Å². The Morgan fingerprint density at radius 3 is 2.24 bits per heavy atom. The van der Waals surface area contributed by atoms with E-state index in [-0.39, 0.29) is 6.03 Å². The van der Waals surface area contributed by atoms with Crippen LogP contribution >= 0.6 is 11.3 Å². The van der Waals surface area contributed by atoms with Crippen molar-refractivity contribution in [1.82, 2.24) is 25.1 Å². The zero-order valence-corrected chi connectivity index (χ0v) is 32.9. The van der Waals surface area contributed by atoms with E-state index in [2.05, 4.69) is 70.5 Å². The van der Waals surface area contributed by atoms with Crippen LogP contribution in [0.5, 0.6) is 5.75 Å². The molecule has 1 fully saturated rings. The number of aromatic nitrogens is 4. The van der Waals surface area contributed by atoms with Gasteiger partial charge in [0.15, 0.2) is 27.7 Å². The number of nitrogens with one attached hydrogen (secondary N) is 1. The molecule has 6 rings (SSSR count). The number of carbonyl (C=O) groups excluding carboxylic acids is 1. The topological polar surface area (TPSA) is 197 Å². The average Bonchev–Trinajstić information content (AvgIpc) is 3.93. The SMILES string of the molecule is C[n+]1nn(-c2ccc(-c3nc(CCc4ccc(-c5ccccc5)cc4)cs3)c(OCCN3CCNC3=O)c2)cc1CCCN.O=C(O)C(F)(F)F.O=S(=O)([O-])C(F)(F)F. The molecule has 0 atom stereocenters. The quantitative estimate of drug-likeness (QED) is 0.0609. The third-order valence-electron chi connectivity index (χ3n) is 8.39. The third-order valence-corrected chi connectivity index (χ3v) is 9.88. The van der Waals surface area contributed by atoms with Crippen LogP contribution in [0.3, 0.4) is 0 Å². The van der Waals surface area contributed by atoms with E-state index in [9.17, 15) is 31.1 Å². The van der Waals surface area contributed by atoms with Gasteiger partial charge in [0.2, 0.25) is 0 Å². The highest BCUT2D eigenvalue weighted by Crippen LogP contribution is 2.34. The van der Waals surface area contributed by atoms with Crippen LogP contribution in [0, 0.1) is 0 Å². The summed E-state index contributed by atoms with van der Waals surface area (Å²) in [7, 11) is -4.14. The predicted octanol–water partition coefficient (Wildman–Crippen LogP) is 5.25. The molecule has 1 aliphatic heterocycles. The number of carboxylic acids is 1. The lowest BCUT2D eigenvalue weighted by atomic mass is 10.0. The second kappa shape index (κ2) is 20.4. The number of hydrogen-bond donors (Lipinski definition) is 3. The Hall–Kier alpha value is -5.58. The minimum Gasteiger partial charge on any atom is -0.741 e. The molecule has 0 spiro atoms. The molecule has 318 valence electrons. The average molecular weight is 872 g/mol. The van der Waals surface area contributed by atoms with Crippen molar-refractivity contribution >= 4 is 33.5 Å². The van der Waals surface area contributed by atoms with Crippen molar-refractivity contribution in [3.63, 3.8) is 0 Å². The van der Waals surface area contributed by atoms with Gasteiger partial charge in [0, 0.05) is 31.0 Å². The number of alkyl halides is 6. The molecule has 0 aliphatic carbocycles. The van der Waals surface area contributed by atoms with Gasteiger partial charge in [-0.05, 0) is 54.6 Å². The van der Waals surface area contributed by atoms with E-state index in [0.717, 1.165) is 59.1 Å². The smallest absolute Gasteiger partial charge is 0.490 e. The number of ether oxygens (including phenoxy) is 1. The van der Waals surface area contributed by atoms with E-state index in [4.69, 9.17) is 38.3 Å². The molecule has 1 saturated heterocycles. The molecule has 4 N–H and O–H groups in total. The summed E-state index contributed by atoms with van der Waals surface area (Å²) in [5.41, 5.74) is 7.82. The van der Waals surface area contributed by atoms with Gasteiger partial charge >= 0.3 is 23.7 Å². The molecule has 3 heterocycles. The van der Waals surface area contributed by atoms with Crippen LogP contribution in [-0.2, 0) is 41.2 Å². The molecule has 0 bridgehead atoms. The summed E-state index contributed by atoms with van der Waals surface area (Å²) < 4.78 is 101. The van der Waals surface area contributed by atoms with Crippen molar-refractivity contribution in [2.24, 2.45) is 12.8 Å². The number of halogens is 6. The van der Waals surface area contributed by atoms with Crippen LogP contribution in [0.4, 0.5) is 31.1 Å². The first-order valence-corrected chi connectivity index (χ1v) is 19.9. The maximum Gasteiger partial charge on any atom is 0.490 e. The van der Waals surface area contributed by atoms with E-state index in [1.807, 2.05) is 40.8 Å². The number of amides is 2. The van der Waals surface area contributed by atoms with Crippen LogP contribution in [0.15, 0.2) is 84.4 Å². The normalized spacial score (nSPS) is 12.9. The summed E-state index contributed by atoms with van der Waals surface area (Å²) in [6, 6.07) is 25.3. The molecule has 5 aromatic rings. The molecular formula is C37H39F6N7O7S2. The van der Waals surface area contributed by atoms with E-state index in [1.54, 1.807) is 16.2 Å². The number of hydrogen-bond acceptors (Lipinski definition) is 10. The van der Waals surface area contributed by atoms with Crippen LogP contribution < -0.4 is 20.5 Å². The summed E-state index contributed by atoms with van der Waals surface area (Å²) >= 11 is 1.62. The van der Waals surface area contributed by atoms with Crippen LogP contribution in [0.1, 0.15) is 23.4 Å². The number of nitrogens with zero attached hydrogens (tertiary/aromatic N) is 5. The lowest BCUT2D eigenvalue weighted by Crippen LogP contribution is -2.35. The van der Waals surface area contributed by atoms with Gasteiger partial charge < -0.3 is 30.3 Å². The van der Waals surface area contributed by atoms with Gasteiger partial charge in [0.1, 0.15) is 24.4 Å². The number of carboxylic acid groups (broad SMARTS) is 1. The van der Waals surface area contributed by atoms with Gasteiger partial charge in [-0.3, -0.25) is 0 Å². The van der Waals surface area contributed by atoms with Crippen molar-refractivity contribution < 1.29 is 63.4 Å². The van der Waals surface area contributed by atoms with Gasteiger partial charge in [-0.25, -0.2) is 23.0 Å². The highest BCUT2D eigenvalue weighted by Gasteiger charge is 2.38. The molecule has 2 aromatic heterocycles. The molecule has 22 heteroatoms. The fourth-order valence-corrected chi connectivity index (χ4v) is 6.22. The highest BCUT2D eigenvalue weighted by atomic mass is 32.2. The Bertz CT molecular complexity index is 2270. The number of thiazole rings is 1. The Labute approximate surface area is 338 Å². The monoisotopic (exact) mass is 871 g/mol. The Balaban J connectivity index is 0.000000436. The fourth-order valence-electron chi connectivity index (χ4n) is 5.34. The minimum absolute atomic E-state index is 0.0455. The Morgan fingerprint density at radius 1 is 1.02 bits per heavy atom. The van der Waals surface area contributed by atoms with Crippen molar-refractivity contribution in [3.05, 3.63) is 101 Å². The first-order chi connectivity index (χ1) is 27.8. The molecule has 0 radical (unpaired) electrons. The lowest BCUT2D eigenvalue weighted by Gasteiger charge is -2.16. The zero-order chi connectivity index (χ0) is 43.4. The molecule has 2 amide bonds. The van der Waals surface area contributed by atoms with Crippen LogP contribution in [0.25, 0.3) is 27.4 Å². The number of aliphatic carboxylic acids is 1. The lowest BCUT2D eigenvalue weighted by molar-refractivity contribution is -0.738. The van der Waals surface area contributed by atoms with Gasteiger partial charge in [-0.1, -0.05) is 54.6 Å². The van der Waals surface area contributed by atoms with E-state index < -0.39 is 27.8 Å². The Kier molecular flexibility index (Phi) is 15.9. The third kappa shape index (κ3) is 13.8. The molecule has 14 nitrogen and oxygen atoms in total. The molecular weight excluding hydrogens is 833 g/mol. The Morgan fingerprint density at radius 2 is 1.66 bits per heavy atom. The van der Waals surface area contributed by atoms with Crippen molar-refractivity contribution in [2.45, 2.75) is 37.4 Å². The van der Waals surface area contributed by atoms with Crippen molar-refractivity contribution in [2.75, 3.05) is 32.8 Å². The summed E-state index contributed by atoms with van der Waals surface area (Å²) in [6.45, 7) is 2.90. The zero-order valence-electron chi connectivity index (χ0n) is 31.2. The standard InChI is InChI=1S/C34H37N7O2S.C2HF3O2.CHF3O3S/c1-39-30(8-5-17-35)23-41(38-39)29-15-16-31(32(22-29)43-21-20-40-19-18-36-34(40)42)33-37-28(24-44-33)14-11-25-9-12-27(13-10-25)26-6-3-2-4-7-26;3-2(4,5)1(6)7;2-1(3,4)8(5,6)7/h2-4,6-7,9-10,12-13,15-16,22-24H,5,8,11,14,17-21,35H2,1H3;(H,6,7);(H,5,6,7). The van der Waals surface area contributed by atoms with Crippen LogP contribution in [-0.4, -0.2) is 94.3 Å². The van der Waals surface area contributed by atoms with E-state index >= 15 is 0 Å². The fraction of sp³-hybridized carbons (Fsp3) is 0.324. The number of benzene rings is 3.